The molecule has 1 saturated carbocycles. The summed E-state index contributed by atoms with van der Waals surface area (Å²) in [5, 5.41) is 3.55. The van der Waals surface area contributed by atoms with Crippen molar-refractivity contribution in [1.29, 1.82) is 0 Å². The largest absolute Gasteiger partial charge is 0.381 e. The number of hydrogen-bond donors (Lipinski definition) is 1. The first-order valence-electron chi connectivity index (χ1n) is 6.06. The third kappa shape index (κ3) is 6.69. The molecular weight excluding hydrogens is 186 g/mol. The molecule has 0 spiro atoms. The summed E-state index contributed by atoms with van der Waals surface area (Å²) in [4.78, 5) is 0. The van der Waals surface area contributed by atoms with Crippen molar-refractivity contribution in [2.24, 2.45) is 5.41 Å². The van der Waals surface area contributed by atoms with Gasteiger partial charge in [0.05, 0.1) is 6.61 Å². The third-order valence-corrected chi connectivity index (χ3v) is 2.64. The number of hydrogen-bond acceptors (Lipinski definition) is 2. The van der Waals surface area contributed by atoms with E-state index in [1.807, 2.05) is 6.08 Å². The van der Waals surface area contributed by atoms with Crippen LogP contribution in [0.4, 0.5) is 0 Å². The Morgan fingerprint density at radius 1 is 1.47 bits per heavy atom. The second-order valence-electron chi connectivity index (χ2n) is 5.30. The van der Waals surface area contributed by atoms with Crippen LogP contribution < -0.4 is 5.32 Å². The highest BCUT2D eigenvalue weighted by Crippen LogP contribution is 2.21. The van der Waals surface area contributed by atoms with Gasteiger partial charge in [-0.25, -0.2) is 0 Å². The second-order valence-corrected chi connectivity index (χ2v) is 5.30. The van der Waals surface area contributed by atoms with Gasteiger partial charge in [0.15, 0.2) is 0 Å². The summed E-state index contributed by atoms with van der Waals surface area (Å²) in [5.74, 6) is 0. The van der Waals surface area contributed by atoms with Crippen LogP contribution in [0.1, 0.15) is 39.5 Å². The maximum atomic E-state index is 5.67. The molecule has 0 aliphatic heterocycles. The molecule has 0 saturated heterocycles. The third-order valence-electron chi connectivity index (χ3n) is 2.64. The summed E-state index contributed by atoms with van der Waals surface area (Å²) >= 11 is 0. The van der Waals surface area contributed by atoms with E-state index in [2.05, 4.69) is 25.7 Å². The van der Waals surface area contributed by atoms with E-state index in [0.717, 1.165) is 38.6 Å². The van der Waals surface area contributed by atoms with Crippen molar-refractivity contribution in [3.05, 3.63) is 12.7 Å². The molecular formula is C13H25NO. The molecule has 1 fully saturated rings. The molecule has 0 atom stereocenters. The lowest BCUT2D eigenvalue weighted by atomic mass is 9.95. The highest BCUT2D eigenvalue weighted by molar-refractivity contribution is 4.83. The number of unbranched alkanes of at least 4 members (excludes halogenated alkanes) is 1. The van der Waals surface area contributed by atoms with Crippen LogP contribution in [-0.2, 0) is 4.74 Å². The molecule has 1 aliphatic rings. The van der Waals surface area contributed by atoms with E-state index < -0.39 is 0 Å². The van der Waals surface area contributed by atoms with Gasteiger partial charge in [0, 0.05) is 24.6 Å². The number of allylic oxidation sites excluding steroid dienone is 1. The Bertz CT molecular complexity index is 185. The lowest BCUT2D eigenvalue weighted by Gasteiger charge is -2.24. The van der Waals surface area contributed by atoms with Crippen LogP contribution in [0.15, 0.2) is 12.7 Å². The van der Waals surface area contributed by atoms with Crippen molar-refractivity contribution in [1.82, 2.24) is 5.32 Å². The molecule has 1 aliphatic carbocycles. The van der Waals surface area contributed by atoms with Gasteiger partial charge in [0.2, 0.25) is 0 Å². The van der Waals surface area contributed by atoms with Gasteiger partial charge in [-0.2, -0.15) is 0 Å². The quantitative estimate of drug-likeness (QED) is 0.468. The first-order chi connectivity index (χ1) is 7.14. The number of nitrogens with one attached hydrogen (secondary N) is 1. The van der Waals surface area contributed by atoms with Gasteiger partial charge in [-0.1, -0.05) is 19.9 Å². The van der Waals surface area contributed by atoms with Crippen LogP contribution in [0.3, 0.4) is 0 Å². The van der Waals surface area contributed by atoms with Crippen LogP contribution >= 0.6 is 0 Å². The molecule has 2 heteroatoms. The molecule has 0 aromatic carbocycles. The molecule has 88 valence electrons. The first-order valence-corrected chi connectivity index (χ1v) is 6.06. The van der Waals surface area contributed by atoms with Gasteiger partial charge in [-0.3, -0.25) is 0 Å². The highest BCUT2D eigenvalue weighted by Gasteiger charge is 2.25. The van der Waals surface area contributed by atoms with E-state index in [1.165, 1.54) is 12.8 Å². The zero-order valence-corrected chi connectivity index (χ0v) is 10.2. The molecule has 15 heavy (non-hydrogen) atoms. The summed E-state index contributed by atoms with van der Waals surface area (Å²) in [6.45, 7) is 11.0. The fourth-order valence-electron chi connectivity index (χ4n) is 1.44. The van der Waals surface area contributed by atoms with Crippen LogP contribution in [0.2, 0.25) is 0 Å². The summed E-state index contributed by atoms with van der Waals surface area (Å²) in [5.41, 5.74) is 0.261. The normalized spacial score (nSPS) is 16.7. The smallest absolute Gasteiger partial charge is 0.0529 e. The zero-order chi connectivity index (χ0) is 11.1. The van der Waals surface area contributed by atoms with Crippen LogP contribution in [-0.4, -0.2) is 25.8 Å². The maximum absolute atomic E-state index is 5.67. The molecule has 2 nitrogen and oxygen atoms in total. The SMILES string of the molecule is C=CCCCOCC(C)(C)CNC1CC1. The Morgan fingerprint density at radius 2 is 2.20 bits per heavy atom. The predicted molar refractivity (Wildman–Crippen MR) is 65.1 cm³/mol. The fourth-order valence-corrected chi connectivity index (χ4v) is 1.44. The Kier molecular flexibility index (Phi) is 5.34. The van der Waals surface area contributed by atoms with E-state index in [9.17, 15) is 0 Å². The summed E-state index contributed by atoms with van der Waals surface area (Å²) in [6.07, 6.45) is 6.81. The van der Waals surface area contributed by atoms with E-state index >= 15 is 0 Å². The van der Waals surface area contributed by atoms with E-state index in [0.29, 0.717) is 0 Å². The maximum Gasteiger partial charge on any atom is 0.0529 e. The minimum Gasteiger partial charge on any atom is -0.381 e. The van der Waals surface area contributed by atoms with Gasteiger partial charge in [-0.15, -0.1) is 6.58 Å². The van der Waals surface area contributed by atoms with Crippen molar-refractivity contribution in [2.75, 3.05) is 19.8 Å². The second kappa shape index (κ2) is 6.29. The Hall–Kier alpha value is -0.340. The average molecular weight is 211 g/mol. The van der Waals surface area contributed by atoms with Crippen molar-refractivity contribution < 1.29 is 4.74 Å². The van der Waals surface area contributed by atoms with Gasteiger partial charge in [0.25, 0.3) is 0 Å². The molecule has 0 aromatic heterocycles. The van der Waals surface area contributed by atoms with Crippen molar-refractivity contribution in [3.63, 3.8) is 0 Å². The van der Waals surface area contributed by atoms with Crippen molar-refractivity contribution >= 4 is 0 Å². The first kappa shape index (κ1) is 12.7. The molecule has 0 amide bonds. The van der Waals surface area contributed by atoms with E-state index in [1.54, 1.807) is 0 Å². The summed E-state index contributed by atoms with van der Waals surface area (Å²) < 4.78 is 5.67. The minimum absolute atomic E-state index is 0.261. The minimum atomic E-state index is 0.261. The molecule has 0 aromatic rings. The van der Waals surface area contributed by atoms with Crippen molar-refractivity contribution in [2.45, 2.75) is 45.6 Å². The summed E-state index contributed by atoms with van der Waals surface area (Å²) in [6, 6.07) is 0.796. The molecule has 0 bridgehead atoms. The Balaban J connectivity index is 1.98. The number of ether oxygens (including phenoxy) is 1. The highest BCUT2D eigenvalue weighted by atomic mass is 16.5. The van der Waals surface area contributed by atoms with Gasteiger partial charge < -0.3 is 10.1 Å². The Morgan fingerprint density at radius 3 is 2.80 bits per heavy atom. The van der Waals surface area contributed by atoms with E-state index in [-0.39, 0.29) is 5.41 Å². The average Bonchev–Trinajstić information content (AvgIpc) is 2.98. The van der Waals surface area contributed by atoms with Crippen LogP contribution in [0.25, 0.3) is 0 Å². The molecule has 0 heterocycles. The fraction of sp³-hybridized carbons (Fsp3) is 0.846. The van der Waals surface area contributed by atoms with Gasteiger partial charge in [0.1, 0.15) is 0 Å². The van der Waals surface area contributed by atoms with E-state index in [4.69, 9.17) is 4.74 Å². The molecule has 1 rings (SSSR count). The number of rotatable bonds is 9. The lowest BCUT2D eigenvalue weighted by Crippen LogP contribution is -2.34. The van der Waals surface area contributed by atoms with Gasteiger partial charge in [-0.05, 0) is 25.7 Å². The summed E-state index contributed by atoms with van der Waals surface area (Å²) in [7, 11) is 0. The molecule has 0 radical (unpaired) electrons. The Labute approximate surface area is 94.1 Å². The van der Waals surface area contributed by atoms with Crippen molar-refractivity contribution in [3.8, 4) is 0 Å². The predicted octanol–water partition coefficient (Wildman–Crippen LogP) is 2.75. The standard InChI is InChI=1S/C13H25NO/c1-4-5-6-9-15-11-13(2,3)10-14-12-7-8-12/h4,12,14H,1,5-11H2,2-3H3. The zero-order valence-electron chi connectivity index (χ0n) is 10.2. The molecule has 0 unspecified atom stereocenters. The lowest BCUT2D eigenvalue weighted by molar-refractivity contribution is 0.0609. The van der Waals surface area contributed by atoms with Crippen LogP contribution in [0.5, 0.6) is 0 Å². The van der Waals surface area contributed by atoms with Crippen LogP contribution in [0, 0.1) is 5.41 Å². The van der Waals surface area contributed by atoms with Gasteiger partial charge >= 0.3 is 0 Å². The topological polar surface area (TPSA) is 21.3 Å². The monoisotopic (exact) mass is 211 g/mol. The molecule has 1 N–H and O–H groups in total.